The SMILES string of the molecule is Cc1cc(Cl)c(C(=O)Nc2nc(C)c(C)s2)cn1. The number of hydrogen-bond donors (Lipinski definition) is 1. The van der Waals surface area contributed by atoms with Crippen LogP contribution in [0, 0.1) is 20.8 Å². The van der Waals surface area contributed by atoms with Crippen LogP contribution in [0.25, 0.3) is 0 Å². The maximum Gasteiger partial charge on any atom is 0.260 e. The lowest BCUT2D eigenvalue weighted by Crippen LogP contribution is -2.12. The summed E-state index contributed by atoms with van der Waals surface area (Å²) in [5.74, 6) is -0.291. The molecule has 94 valence electrons. The van der Waals surface area contributed by atoms with E-state index in [4.69, 9.17) is 11.6 Å². The molecule has 1 N–H and O–H groups in total. The molecule has 0 bridgehead atoms. The summed E-state index contributed by atoms with van der Waals surface area (Å²) in [6.45, 7) is 5.69. The van der Waals surface area contributed by atoms with Gasteiger partial charge in [-0.2, -0.15) is 0 Å². The van der Waals surface area contributed by atoms with Crippen LogP contribution in [-0.4, -0.2) is 15.9 Å². The average molecular weight is 282 g/mol. The molecule has 0 spiro atoms. The van der Waals surface area contributed by atoms with Crippen molar-refractivity contribution < 1.29 is 4.79 Å². The minimum Gasteiger partial charge on any atom is -0.298 e. The number of nitrogens with zero attached hydrogens (tertiary/aromatic N) is 2. The predicted octanol–water partition coefficient (Wildman–Crippen LogP) is 3.37. The van der Waals surface area contributed by atoms with Crippen molar-refractivity contribution in [3.8, 4) is 0 Å². The van der Waals surface area contributed by atoms with Crippen LogP contribution in [0.5, 0.6) is 0 Å². The zero-order chi connectivity index (χ0) is 13.3. The van der Waals surface area contributed by atoms with Crippen LogP contribution in [0.2, 0.25) is 5.02 Å². The number of carbonyl (C=O) groups is 1. The van der Waals surface area contributed by atoms with Gasteiger partial charge in [0.25, 0.3) is 5.91 Å². The molecule has 0 aromatic carbocycles. The lowest BCUT2D eigenvalue weighted by Gasteiger charge is -2.04. The zero-order valence-corrected chi connectivity index (χ0v) is 11.8. The number of anilines is 1. The van der Waals surface area contributed by atoms with Crippen molar-refractivity contribution >= 4 is 34.0 Å². The van der Waals surface area contributed by atoms with Gasteiger partial charge in [0, 0.05) is 16.8 Å². The van der Waals surface area contributed by atoms with Gasteiger partial charge in [-0.25, -0.2) is 4.98 Å². The third kappa shape index (κ3) is 2.68. The number of amides is 1. The van der Waals surface area contributed by atoms with Gasteiger partial charge < -0.3 is 0 Å². The first kappa shape index (κ1) is 13.0. The Balaban J connectivity index is 2.22. The van der Waals surface area contributed by atoms with E-state index in [0.717, 1.165) is 16.3 Å². The first-order valence-corrected chi connectivity index (χ1v) is 6.54. The number of aryl methyl sites for hydroxylation is 3. The molecule has 0 aliphatic carbocycles. The van der Waals surface area contributed by atoms with E-state index >= 15 is 0 Å². The largest absolute Gasteiger partial charge is 0.298 e. The fourth-order valence-electron chi connectivity index (χ4n) is 1.38. The molecule has 0 saturated carbocycles. The second-order valence-corrected chi connectivity index (χ2v) is 5.53. The summed E-state index contributed by atoms with van der Waals surface area (Å²) in [7, 11) is 0. The third-order valence-corrected chi connectivity index (χ3v) is 3.78. The Kier molecular flexibility index (Phi) is 3.63. The summed E-state index contributed by atoms with van der Waals surface area (Å²) >= 11 is 7.45. The topological polar surface area (TPSA) is 54.9 Å². The van der Waals surface area contributed by atoms with Gasteiger partial charge in [-0.05, 0) is 26.8 Å². The molecular weight excluding hydrogens is 270 g/mol. The molecule has 0 saturated heterocycles. The van der Waals surface area contributed by atoms with E-state index in [2.05, 4.69) is 15.3 Å². The van der Waals surface area contributed by atoms with E-state index in [1.807, 2.05) is 20.8 Å². The number of thiazole rings is 1. The minimum absolute atomic E-state index is 0.291. The van der Waals surface area contributed by atoms with Crippen LogP contribution in [0.15, 0.2) is 12.3 Å². The summed E-state index contributed by atoms with van der Waals surface area (Å²) in [6.07, 6.45) is 1.47. The highest BCUT2D eigenvalue weighted by Crippen LogP contribution is 2.23. The molecule has 2 aromatic heterocycles. The first-order chi connectivity index (χ1) is 8.47. The summed E-state index contributed by atoms with van der Waals surface area (Å²) in [5, 5.41) is 3.69. The summed E-state index contributed by atoms with van der Waals surface area (Å²) < 4.78 is 0. The van der Waals surface area contributed by atoms with E-state index in [-0.39, 0.29) is 5.91 Å². The Morgan fingerprint density at radius 3 is 2.67 bits per heavy atom. The van der Waals surface area contributed by atoms with Crippen molar-refractivity contribution in [1.82, 2.24) is 9.97 Å². The number of aromatic nitrogens is 2. The minimum atomic E-state index is -0.291. The van der Waals surface area contributed by atoms with Crippen molar-refractivity contribution in [2.75, 3.05) is 5.32 Å². The molecule has 2 rings (SSSR count). The summed E-state index contributed by atoms with van der Waals surface area (Å²) in [5.41, 5.74) is 2.05. The van der Waals surface area contributed by atoms with E-state index in [9.17, 15) is 4.79 Å². The van der Waals surface area contributed by atoms with Gasteiger partial charge in [-0.3, -0.25) is 15.1 Å². The number of nitrogens with one attached hydrogen (secondary N) is 1. The molecule has 4 nitrogen and oxygen atoms in total. The molecule has 0 atom stereocenters. The molecule has 6 heteroatoms. The Morgan fingerprint density at radius 1 is 1.39 bits per heavy atom. The van der Waals surface area contributed by atoms with Crippen LogP contribution in [-0.2, 0) is 0 Å². The number of pyridine rings is 1. The molecule has 0 aliphatic rings. The molecule has 0 fully saturated rings. The Bertz CT molecular complexity index is 590. The van der Waals surface area contributed by atoms with Crippen LogP contribution in [0.1, 0.15) is 26.6 Å². The maximum atomic E-state index is 12.0. The van der Waals surface area contributed by atoms with Crippen molar-refractivity contribution in [3.63, 3.8) is 0 Å². The van der Waals surface area contributed by atoms with Gasteiger partial charge in [0.05, 0.1) is 16.3 Å². The van der Waals surface area contributed by atoms with Crippen LogP contribution in [0.3, 0.4) is 0 Å². The second-order valence-electron chi connectivity index (χ2n) is 3.92. The zero-order valence-electron chi connectivity index (χ0n) is 10.2. The second kappa shape index (κ2) is 5.04. The lowest BCUT2D eigenvalue weighted by atomic mass is 10.2. The molecule has 0 unspecified atom stereocenters. The number of carbonyl (C=O) groups excluding carboxylic acids is 1. The third-order valence-electron chi connectivity index (χ3n) is 2.48. The Morgan fingerprint density at radius 2 is 2.11 bits per heavy atom. The van der Waals surface area contributed by atoms with Gasteiger partial charge in [-0.1, -0.05) is 11.6 Å². The highest BCUT2D eigenvalue weighted by Gasteiger charge is 2.13. The number of halogens is 1. The van der Waals surface area contributed by atoms with Crippen LogP contribution < -0.4 is 5.32 Å². The molecule has 18 heavy (non-hydrogen) atoms. The van der Waals surface area contributed by atoms with Crippen molar-refractivity contribution in [2.45, 2.75) is 20.8 Å². The normalized spacial score (nSPS) is 10.4. The van der Waals surface area contributed by atoms with Gasteiger partial charge in [0.15, 0.2) is 5.13 Å². The highest BCUT2D eigenvalue weighted by molar-refractivity contribution is 7.15. The fraction of sp³-hybridized carbons (Fsp3) is 0.250. The predicted molar refractivity (Wildman–Crippen MR) is 73.5 cm³/mol. The smallest absolute Gasteiger partial charge is 0.260 e. The summed E-state index contributed by atoms with van der Waals surface area (Å²) in [6, 6.07) is 1.66. The molecule has 0 aliphatic heterocycles. The van der Waals surface area contributed by atoms with Crippen molar-refractivity contribution in [1.29, 1.82) is 0 Å². The molecule has 2 heterocycles. The van der Waals surface area contributed by atoms with E-state index < -0.39 is 0 Å². The first-order valence-electron chi connectivity index (χ1n) is 5.35. The quantitative estimate of drug-likeness (QED) is 0.918. The van der Waals surface area contributed by atoms with Gasteiger partial charge in [-0.15, -0.1) is 11.3 Å². The monoisotopic (exact) mass is 281 g/mol. The average Bonchev–Trinajstić information content (AvgIpc) is 2.57. The number of rotatable bonds is 2. The van der Waals surface area contributed by atoms with Crippen molar-refractivity contribution in [3.05, 3.63) is 39.1 Å². The Labute approximate surface area is 114 Å². The van der Waals surface area contributed by atoms with Gasteiger partial charge >= 0.3 is 0 Å². The molecule has 1 amide bonds. The number of hydrogen-bond acceptors (Lipinski definition) is 4. The molecular formula is C12H12ClN3OS. The highest BCUT2D eigenvalue weighted by atomic mass is 35.5. The van der Waals surface area contributed by atoms with E-state index in [0.29, 0.717) is 15.7 Å². The van der Waals surface area contributed by atoms with E-state index in [1.54, 1.807) is 6.07 Å². The fourth-order valence-corrected chi connectivity index (χ4v) is 2.49. The Hall–Kier alpha value is -1.46. The maximum absolute atomic E-state index is 12.0. The van der Waals surface area contributed by atoms with Crippen LogP contribution in [0.4, 0.5) is 5.13 Å². The van der Waals surface area contributed by atoms with Crippen molar-refractivity contribution in [2.24, 2.45) is 0 Å². The summed E-state index contributed by atoms with van der Waals surface area (Å²) in [4.78, 5) is 21.4. The van der Waals surface area contributed by atoms with Crippen LogP contribution >= 0.6 is 22.9 Å². The molecule has 2 aromatic rings. The lowest BCUT2D eigenvalue weighted by molar-refractivity contribution is 0.102. The van der Waals surface area contributed by atoms with Gasteiger partial charge in [0.1, 0.15) is 0 Å². The standard InChI is InChI=1S/C12H12ClN3OS/c1-6-4-10(13)9(5-14-6)11(17)16-12-15-7(2)8(3)18-12/h4-5H,1-3H3,(H,15,16,17). The van der Waals surface area contributed by atoms with E-state index in [1.165, 1.54) is 17.5 Å². The molecule has 0 radical (unpaired) electrons. The van der Waals surface area contributed by atoms with Gasteiger partial charge in [0.2, 0.25) is 0 Å².